The first-order valence-electron chi connectivity index (χ1n) is 7.79. The lowest BCUT2D eigenvalue weighted by Gasteiger charge is -2.42. The molecule has 0 bridgehead atoms. The maximum atomic E-state index is 13.0. The van der Waals surface area contributed by atoms with Crippen molar-refractivity contribution < 1.29 is 14.7 Å². The van der Waals surface area contributed by atoms with Gasteiger partial charge in [0.1, 0.15) is 5.54 Å². The maximum absolute atomic E-state index is 13.0. The number of nitrogens with zero attached hydrogens (tertiary/aromatic N) is 1. The van der Waals surface area contributed by atoms with Gasteiger partial charge in [0, 0.05) is 17.7 Å². The Hall–Kier alpha value is -1.49. The highest BCUT2D eigenvalue weighted by Crippen LogP contribution is 2.42. The van der Waals surface area contributed by atoms with Gasteiger partial charge in [-0.15, -0.1) is 11.8 Å². The van der Waals surface area contributed by atoms with Crippen molar-refractivity contribution in [3.8, 4) is 0 Å². The van der Waals surface area contributed by atoms with Crippen molar-refractivity contribution in [2.45, 2.75) is 48.5 Å². The van der Waals surface area contributed by atoms with Gasteiger partial charge in [0.15, 0.2) is 0 Å². The van der Waals surface area contributed by atoms with Crippen molar-refractivity contribution >= 4 is 23.6 Å². The normalized spacial score (nSPS) is 22.9. The number of fused-ring (bicyclic) bond motifs is 1. The van der Waals surface area contributed by atoms with Gasteiger partial charge in [0.05, 0.1) is 5.92 Å². The van der Waals surface area contributed by atoms with Gasteiger partial charge in [0.2, 0.25) is 5.91 Å². The average molecular weight is 319 g/mol. The van der Waals surface area contributed by atoms with Crippen LogP contribution >= 0.6 is 11.8 Å². The number of amides is 1. The Balaban J connectivity index is 1.87. The quantitative estimate of drug-likeness (QED) is 0.930. The summed E-state index contributed by atoms with van der Waals surface area (Å²) < 4.78 is 0. The minimum Gasteiger partial charge on any atom is -0.479 e. The van der Waals surface area contributed by atoms with Gasteiger partial charge < -0.3 is 10.0 Å². The summed E-state index contributed by atoms with van der Waals surface area (Å²) in [6.45, 7) is 0. The summed E-state index contributed by atoms with van der Waals surface area (Å²) in [5.74, 6) is -0.425. The molecule has 1 N–H and O–H groups in total. The zero-order valence-electron chi connectivity index (χ0n) is 12.7. The average Bonchev–Trinajstić information content (AvgIpc) is 2.98. The zero-order chi connectivity index (χ0) is 15.7. The van der Waals surface area contributed by atoms with E-state index in [0.717, 1.165) is 29.7 Å². The molecule has 1 aliphatic heterocycles. The predicted molar refractivity (Wildman–Crippen MR) is 86.1 cm³/mol. The molecule has 1 atom stereocenters. The van der Waals surface area contributed by atoms with Gasteiger partial charge in [-0.2, -0.15) is 0 Å². The second-order valence-electron chi connectivity index (χ2n) is 6.20. The molecular formula is C17H21NO3S. The highest BCUT2D eigenvalue weighted by Gasteiger charge is 2.47. The van der Waals surface area contributed by atoms with Gasteiger partial charge in [-0.1, -0.05) is 37.5 Å². The summed E-state index contributed by atoms with van der Waals surface area (Å²) in [6, 6.07) is 7.93. The highest BCUT2D eigenvalue weighted by atomic mass is 32.2. The minimum absolute atomic E-state index is 0.0539. The Bertz CT molecular complexity index is 595. The standard InChI is InChI=1S/C17H21NO3S/c1-18(17(16(20)21)9-5-2-6-10-17)15(19)13-11-22-14-8-4-3-7-12(13)14/h3-4,7-8,13H,2,5-6,9-11H2,1H3,(H,20,21). The van der Waals surface area contributed by atoms with Crippen molar-refractivity contribution in [3.63, 3.8) is 0 Å². The summed E-state index contributed by atoms with van der Waals surface area (Å²) in [6.07, 6.45) is 3.93. The fourth-order valence-electron chi connectivity index (χ4n) is 3.64. The first kappa shape index (κ1) is 15.4. The molecule has 0 saturated heterocycles. The summed E-state index contributed by atoms with van der Waals surface area (Å²) in [5.41, 5.74) is 0.0260. The van der Waals surface area contributed by atoms with Crippen LogP contribution < -0.4 is 0 Å². The molecule has 0 spiro atoms. The van der Waals surface area contributed by atoms with Crippen LogP contribution in [0.15, 0.2) is 29.2 Å². The molecule has 1 fully saturated rings. The topological polar surface area (TPSA) is 57.6 Å². The molecule has 3 rings (SSSR count). The molecule has 1 heterocycles. The smallest absolute Gasteiger partial charge is 0.329 e. The van der Waals surface area contributed by atoms with Crippen molar-refractivity contribution in [2.24, 2.45) is 0 Å². The van der Waals surface area contributed by atoms with Gasteiger partial charge in [-0.05, 0) is 24.5 Å². The number of benzene rings is 1. The molecule has 1 aliphatic carbocycles. The monoisotopic (exact) mass is 319 g/mol. The van der Waals surface area contributed by atoms with E-state index in [-0.39, 0.29) is 11.8 Å². The SMILES string of the molecule is CN(C(=O)C1CSc2ccccc21)C1(C(=O)O)CCCCC1. The molecule has 0 aromatic heterocycles. The van der Waals surface area contributed by atoms with E-state index in [0.29, 0.717) is 18.6 Å². The fraction of sp³-hybridized carbons (Fsp3) is 0.529. The van der Waals surface area contributed by atoms with Crippen molar-refractivity contribution in [2.75, 3.05) is 12.8 Å². The second kappa shape index (κ2) is 5.95. The Labute approximate surface area is 134 Å². The van der Waals surface area contributed by atoms with Crippen LogP contribution in [0.3, 0.4) is 0 Å². The lowest BCUT2D eigenvalue weighted by Crippen LogP contribution is -2.57. The highest BCUT2D eigenvalue weighted by molar-refractivity contribution is 7.99. The number of hydrogen-bond acceptors (Lipinski definition) is 3. The molecule has 1 aromatic carbocycles. The third-order valence-corrected chi connectivity index (χ3v) is 6.23. The van der Waals surface area contributed by atoms with E-state index < -0.39 is 11.5 Å². The summed E-state index contributed by atoms with van der Waals surface area (Å²) in [4.78, 5) is 27.5. The van der Waals surface area contributed by atoms with Crippen molar-refractivity contribution in [3.05, 3.63) is 29.8 Å². The number of carbonyl (C=O) groups excluding carboxylic acids is 1. The largest absolute Gasteiger partial charge is 0.479 e. The molecule has 1 saturated carbocycles. The molecular weight excluding hydrogens is 298 g/mol. The van der Waals surface area contributed by atoms with Crippen LogP contribution in [0, 0.1) is 0 Å². The van der Waals surface area contributed by atoms with Gasteiger partial charge in [-0.25, -0.2) is 4.79 Å². The van der Waals surface area contributed by atoms with E-state index in [9.17, 15) is 14.7 Å². The summed E-state index contributed by atoms with van der Waals surface area (Å²) in [7, 11) is 1.67. The molecule has 0 radical (unpaired) electrons. The molecule has 1 unspecified atom stereocenters. The number of aliphatic carboxylic acids is 1. The predicted octanol–water partition coefficient (Wildman–Crippen LogP) is 3.12. The Kier molecular flexibility index (Phi) is 4.17. The van der Waals surface area contributed by atoms with E-state index in [1.54, 1.807) is 18.8 Å². The number of carboxylic acids is 1. The van der Waals surface area contributed by atoms with Gasteiger partial charge in [0.25, 0.3) is 0 Å². The van der Waals surface area contributed by atoms with Crippen LogP contribution in [0.4, 0.5) is 0 Å². The number of thioether (sulfide) groups is 1. The summed E-state index contributed by atoms with van der Waals surface area (Å²) in [5, 5.41) is 9.75. The first-order chi connectivity index (χ1) is 10.6. The van der Waals surface area contributed by atoms with E-state index in [1.807, 2.05) is 24.3 Å². The Morgan fingerprint density at radius 2 is 1.91 bits per heavy atom. The molecule has 5 heteroatoms. The number of carboxylic acid groups (broad SMARTS) is 1. The van der Waals surface area contributed by atoms with Crippen LogP contribution in [0.5, 0.6) is 0 Å². The molecule has 22 heavy (non-hydrogen) atoms. The van der Waals surface area contributed by atoms with Crippen LogP contribution in [0.1, 0.15) is 43.6 Å². The number of likely N-dealkylation sites (N-methyl/N-ethyl adjacent to an activating group) is 1. The van der Waals surface area contributed by atoms with E-state index in [4.69, 9.17) is 0 Å². The lowest BCUT2D eigenvalue weighted by atomic mass is 9.79. The molecule has 1 aromatic rings. The van der Waals surface area contributed by atoms with Crippen LogP contribution in [-0.2, 0) is 9.59 Å². The Morgan fingerprint density at radius 3 is 2.59 bits per heavy atom. The van der Waals surface area contributed by atoms with Gasteiger partial charge >= 0.3 is 5.97 Å². The van der Waals surface area contributed by atoms with E-state index >= 15 is 0 Å². The lowest BCUT2D eigenvalue weighted by molar-refractivity contribution is -0.160. The number of rotatable bonds is 3. The minimum atomic E-state index is -1.02. The van der Waals surface area contributed by atoms with Crippen LogP contribution in [-0.4, -0.2) is 40.2 Å². The van der Waals surface area contributed by atoms with Crippen LogP contribution in [0.25, 0.3) is 0 Å². The zero-order valence-corrected chi connectivity index (χ0v) is 13.6. The second-order valence-corrected chi connectivity index (χ2v) is 7.26. The van der Waals surface area contributed by atoms with E-state index in [2.05, 4.69) is 0 Å². The molecule has 4 nitrogen and oxygen atoms in total. The molecule has 118 valence electrons. The van der Waals surface area contributed by atoms with Crippen LogP contribution in [0.2, 0.25) is 0 Å². The molecule has 2 aliphatic rings. The first-order valence-corrected chi connectivity index (χ1v) is 8.77. The number of carbonyl (C=O) groups is 2. The maximum Gasteiger partial charge on any atom is 0.329 e. The number of hydrogen-bond donors (Lipinski definition) is 1. The molecule has 1 amide bonds. The fourth-order valence-corrected chi connectivity index (χ4v) is 4.86. The van der Waals surface area contributed by atoms with Gasteiger partial charge in [-0.3, -0.25) is 4.79 Å². The summed E-state index contributed by atoms with van der Waals surface area (Å²) >= 11 is 1.68. The van der Waals surface area contributed by atoms with Crippen molar-refractivity contribution in [1.82, 2.24) is 4.90 Å². The third kappa shape index (κ3) is 2.41. The third-order valence-electron chi connectivity index (χ3n) is 5.05. The van der Waals surface area contributed by atoms with Crippen molar-refractivity contribution in [1.29, 1.82) is 0 Å². The Morgan fingerprint density at radius 1 is 1.23 bits per heavy atom. The van der Waals surface area contributed by atoms with E-state index in [1.165, 1.54) is 4.90 Å².